The van der Waals surface area contributed by atoms with Gasteiger partial charge in [-0.1, -0.05) is 60.7 Å². The zero-order valence-corrected chi connectivity index (χ0v) is 10.9. The van der Waals surface area contributed by atoms with Gasteiger partial charge in [-0.15, -0.1) is 0 Å². The molecule has 0 atom stereocenters. The first kappa shape index (κ1) is 12.8. The summed E-state index contributed by atoms with van der Waals surface area (Å²) < 4.78 is 0. The van der Waals surface area contributed by atoms with Gasteiger partial charge in [0.15, 0.2) is 0 Å². The van der Waals surface area contributed by atoms with Crippen LogP contribution in [0.25, 0.3) is 0 Å². The molecule has 0 aliphatic heterocycles. The Morgan fingerprint density at radius 3 is 1.72 bits per heavy atom. The third kappa shape index (κ3) is 3.41. The molecule has 0 heterocycles. The molecule has 0 unspecified atom stereocenters. The number of aliphatic carboxylic acids is 1. The second-order valence-corrected chi connectivity index (χ2v) is 6.30. The fraction of sp³-hybridized carbons (Fsp3) is 0.133. The van der Waals surface area contributed by atoms with Gasteiger partial charge in [-0.3, -0.25) is 4.79 Å². The molecular formula is C15H15O2P. The van der Waals surface area contributed by atoms with Crippen LogP contribution in [0.3, 0.4) is 0 Å². The molecule has 0 saturated heterocycles. The molecule has 0 spiro atoms. The average molecular weight is 258 g/mol. The molecule has 2 aromatic carbocycles. The van der Waals surface area contributed by atoms with Crippen LogP contribution in [-0.4, -0.2) is 17.2 Å². The number of rotatable bonds is 5. The highest BCUT2D eigenvalue weighted by Gasteiger charge is 2.14. The van der Waals surface area contributed by atoms with Gasteiger partial charge >= 0.3 is 5.97 Å². The van der Waals surface area contributed by atoms with Crippen molar-refractivity contribution < 1.29 is 9.90 Å². The molecule has 3 heteroatoms. The minimum absolute atomic E-state index is 0.218. The van der Waals surface area contributed by atoms with E-state index >= 15 is 0 Å². The van der Waals surface area contributed by atoms with Crippen LogP contribution in [0.5, 0.6) is 0 Å². The van der Waals surface area contributed by atoms with E-state index in [0.717, 1.165) is 0 Å². The van der Waals surface area contributed by atoms with Crippen molar-refractivity contribution in [3.63, 3.8) is 0 Å². The summed E-state index contributed by atoms with van der Waals surface area (Å²) in [6.45, 7) is 0. The van der Waals surface area contributed by atoms with Crippen molar-refractivity contribution in [3.8, 4) is 0 Å². The second-order valence-electron chi connectivity index (χ2n) is 3.97. The van der Waals surface area contributed by atoms with Crippen LogP contribution in [0.1, 0.15) is 6.42 Å². The molecule has 2 rings (SSSR count). The first-order chi connectivity index (χ1) is 8.77. The van der Waals surface area contributed by atoms with E-state index in [1.54, 1.807) is 0 Å². The predicted octanol–water partition coefficient (Wildman–Crippen LogP) is 2.59. The molecule has 0 aliphatic rings. The van der Waals surface area contributed by atoms with Gasteiger partial charge in [-0.2, -0.15) is 0 Å². The van der Waals surface area contributed by atoms with Crippen molar-refractivity contribution in [1.29, 1.82) is 0 Å². The van der Waals surface area contributed by atoms with E-state index < -0.39 is 13.9 Å². The third-order valence-corrected chi connectivity index (χ3v) is 5.20. The van der Waals surface area contributed by atoms with Crippen molar-refractivity contribution >= 4 is 24.5 Å². The molecule has 0 aliphatic carbocycles. The molecule has 18 heavy (non-hydrogen) atoms. The van der Waals surface area contributed by atoms with Gasteiger partial charge in [0.2, 0.25) is 0 Å². The lowest BCUT2D eigenvalue weighted by Crippen LogP contribution is -2.15. The summed E-state index contributed by atoms with van der Waals surface area (Å²) in [5, 5.41) is 11.3. The van der Waals surface area contributed by atoms with E-state index in [1.807, 2.05) is 36.4 Å². The van der Waals surface area contributed by atoms with Gasteiger partial charge in [-0.05, 0) is 24.7 Å². The van der Waals surface area contributed by atoms with E-state index in [2.05, 4.69) is 24.3 Å². The highest BCUT2D eigenvalue weighted by atomic mass is 31.1. The number of carbonyl (C=O) groups is 1. The van der Waals surface area contributed by atoms with Crippen LogP contribution in [0.4, 0.5) is 0 Å². The van der Waals surface area contributed by atoms with E-state index in [0.29, 0.717) is 6.16 Å². The zero-order valence-electron chi connectivity index (χ0n) is 9.99. The average Bonchev–Trinajstić information content (AvgIpc) is 2.41. The quantitative estimate of drug-likeness (QED) is 0.837. The van der Waals surface area contributed by atoms with Gasteiger partial charge in [0.25, 0.3) is 0 Å². The lowest BCUT2D eigenvalue weighted by Gasteiger charge is -2.17. The molecule has 2 nitrogen and oxygen atoms in total. The van der Waals surface area contributed by atoms with Crippen molar-refractivity contribution in [1.82, 2.24) is 0 Å². The Kier molecular flexibility index (Phi) is 4.49. The summed E-state index contributed by atoms with van der Waals surface area (Å²) in [7, 11) is -0.564. The number of hydrogen-bond acceptors (Lipinski definition) is 1. The zero-order chi connectivity index (χ0) is 12.8. The Bertz CT molecular complexity index is 457. The number of carboxylic acid groups (broad SMARTS) is 1. The molecule has 2 aromatic rings. The fourth-order valence-corrected chi connectivity index (χ4v) is 4.12. The summed E-state index contributed by atoms with van der Waals surface area (Å²) in [5.41, 5.74) is 0. The fourth-order valence-electron chi connectivity index (χ4n) is 1.83. The van der Waals surface area contributed by atoms with Gasteiger partial charge < -0.3 is 5.11 Å². The summed E-state index contributed by atoms with van der Waals surface area (Å²) in [5.74, 6) is -0.727. The van der Waals surface area contributed by atoms with Crippen molar-refractivity contribution in [2.24, 2.45) is 0 Å². The Hall–Kier alpha value is -1.66. The minimum atomic E-state index is -0.727. The maximum absolute atomic E-state index is 10.8. The van der Waals surface area contributed by atoms with Crippen LogP contribution in [0, 0.1) is 0 Å². The van der Waals surface area contributed by atoms with Gasteiger partial charge in [0.05, 0.1) is 0 Å². The van der Waals surface area contributed by atoms with E-state index in [-0.39, 0.29) is 6.42 Å². The van der Waals surface area contributed by atoms with E-state index in [1.165, 1.54) is 10.6 Å². The molecule has 0 radical (unpaired) electrons. The largest absolute Gasteiger partial charge is 0.481 e. The SMILES string of the molecule is O=C(O)CCP(c1ccccc1)c1ccccc1. The standard InChI is InChI=1S/C15H15O2P/c16-15(17)11-12-18(13-7-3-1-4-8-13)14-9-5-2-6-10-14/h1-10H,11-12H2,(H,16,17). The molecule has 0 amide bonds. The van der Waals surface area contributed by atoms with E-state index in [4.69, 9.17) is 5.11 Å². The second kappa shape index (κ2) is 6.32. The van der Waals surface area contributed by atoms with Crippen LogP contribution >= 0.6 is 7.92 Å². The Morgan fingerprint density at radius 1 is 0.889 bits per heavy atom. The molecule has 0 saturated carbocycles. The molecular weight excluding hydrogens is 243 g/mol. The van der Waals surface area contributed by atoms with Gasteiger partial charge in [0.1, 0.15) is 0 Å². The van der Waals surface area contributed by atoms with Crippen molar-refractivity contribution in [2.45, 2.75) is 6.42 Å². The first-order valence-corrected chi connectivity index (χ1v) is 7.39. The van der Waals surface area contributed by atoms with Crippen molar-refractivity contribution in [3.05, 3.63) is 60.7 Å². The number of carboxylic acids is 1. The smallest absolute Gasteiger partial charge is 0.303 e. The summed E-state index contributed by atoms with van der Waals surface area (Å²) in [6, 6.07) is 20.3. The molecule has 92 valence electrons. The van der Waals surface area contributed by atoms with Crippen LogP contribution in [0.15, 0.2) is 60.7 Å². The molecule has 0 aromatic heterocycles. The minimum Gasteiger partial charge on any atom is -0.481 e. The maximum Gasteiger partial charge on any atom is 0.303 e. The Labute approximate surface area is 108 Å². The predicted molar refractivity (Wildman–Crippen MR) is 76.2 cm³/mol. The lowest BCUT2D eigenvalue weighted by atomic mass is 10.4. The van der Waals surface area contributed by atoms with Crippen LogP contribution in [0.2, 0.25) is 0 Å². The highest BCUT2D eigenvalue weighted by Crippen LogP contribution is 2.33. The summed E-state index contributed by atoms with van der Waals surface area (Å²) in [6.07, 6.45) is 0.911. The van der Waals surface area contributed by atoms with Gasteiger partial charge in [0, 0.05) is 6.42 Å². The monoisotopic (exact) mass is 258 g/mol. The normalized spacial score (nSPS) is 10.5. The molecule has 0 fully saturated rings. The lowest BCUT2D eigenvalue weighted by molar-refractivity contribution is -0.136. The highest BCUT2D eigenvalue weighted by molar-refractivity contribution is 7.73. The van der Waals surface area contributed by atoms with E-state index in [9.17, 15) is 4.79 Å². The number of hydrogen-bond donors (Lipinski definition) is 1. The summed E-state index contributed by atoms with van der Waals surface area (Å²) >= 11 is 0. The topological polar surface area (TPSA) is 37.3 Å². The van der Waals surface area contributed by atoms with Crippen molar-refractivity contribution in [2.75, 3.05) is 6.16 Å². The first-order valence-electron chi connectivity index (χ1n) is 5.87. The Morgan fingerprint density at radius 2 is 1.33 bits per heavy atom. The van der Waals surface area contributed by atoms with Crippen LogP contribution in [-0.2, 0) is 4.79 Å². The summed E-state index contributed by atoms with van der Waals surface area (Å²) in [4.78, 5) is 10.8. The number of benzene rings is 2. The molecule has 1 N–H and O–H groups in total. The third-order valence-electron chi connectivity index (χ3n) is 2.69. The Balaban J connectivity index is 2.26. The van der Waals surface area contributed by atoms with Crippen LogP contribution < -0.4 is 10.6 Å². The maximum atomic E-state index is 10.8. The molecule has 0 bridgehead atoms. The van der Waals surface area contributed by atoms with Gasteiger partial charge in [-0.25, -0.2) is 0 Å².